The van der Waals surface area contributed by atoms with Crippen LogP contribution in [0.25, 0.3) is 0 Å². The van der Waals surface area contributed by atoms with Gasteiger partial charge in [0, 0.05) is 18.0 Å². The second-order valence-electron chi connectivity index (χ2n) is 3.64. The van der Waals surface area contributed by atoms with Gasteiger partial charge in [0.15, 0.2) is 11.9 Å². The van der Waals surface area contributed by atoms with Crippen molar-refractivity contribution in [2.75, 3.05) is 19.6 Å². The van der Waals surface area contributed by atoms with Crippen LogP contribution < -0.4 is 4.74 Å². The molecule has 0 bridgehead atoms. The van der Waals surface area contributed by atoms with Gasteiger partial charge in [-0.3, -0.25) is 4.79 Å². The Kier molecular flexibility index (Phi) is 6.22. The molecular weight excluding hydrogens is 298 g/mol. The van der Waals surface area contributed by atoms with Crippen LogP contribution >= 0.6 is 34.8 Å². The molecule has 0 spiro atoms. The molecule has 1 rings (SSSR count). The van der Waals surface area contributed by atoms with E-state index in [1.54, 1.807) is 24.3 Å². The number of benzene rings is 1. The van der Waals surface area contributed by atoms with Gasteiger partial charge >= 0.3 is 0 Å². The van der Waals surface area contributed by atoms with Crippen molar-refractivity contribution in [1.82, 2.24) is 0 Å². The summed E-state index contributed by atoms with van der Waals surface area (Å²) in [7, 11) is 1.39. The second-order valence-corrected chi connectivity index (χ2v) is 4.91. The highest BCUT2D eigenvalue weighted by Crippen LogP contribution is 2.23. The number of carbonyl (C=O) groups is 1. The lowest BCUT2D eigenvalue weighted by Gasteiger charge is -2.29. The molecule has 0 radical (unpaired) electrons. The molecule has 0 aliphatic heterocycles. The van der Waals surface area contributed by atoms with Gasteiger partial charge in [-0.2, -0.15) is 0 Å². The van der Waals surface area contributed by atoms with Crippen molar-refractivity contribution in [2.24, 2.45) is 0 Å². The highest BCUT2D eigenvalue weighted by molar-refractivity contribution is 6.30. The summed E-state index contributed by atoms with van der Waals surface area (Å²) in [5, 5.41) is -0.0688. The smallest absolute Gasteiger partial charge is 0.174 e. The zero-order chi connectivity index (χ0) is 13.6. The normalized spacial score (nSPS) is 15.8. The van der Waals surface area contributed by atoms with Crippen molar-refractivity contribution >= 4 is 41.1 Å². The van der Waals surface area contributed by atoms with E-state index in [-0.39, 0.29) is 12.5 Å². The van der Waals surface area contributed by atoms with Gasteiger partial charge in [-0.05, 0) is 24.3 Å². The van der Waals surface area contributed by atoms with Crippen molar-refractivity contribution in [1.29, 1.82) is 0 Å². The van der Waals surface area contributed by atoms with Crippen LogP contribution in [0.15, 0.2) is 24.3 Å². The molecule has 0 N–H and O–H groups in total. The summed E-state index contributed by atoms with van der Waals surface area (Å²) in [4.78, 5) is 11.2. The molecule has 0 saturated carbocycles. The molecule has 0 heterocycles. The first-order valence-corrected chi connectivity index (χ1v) is 6.52. The molecule has 1 aromatic carbocycles. The minimum atomic E-state index is -1.26. The summed E-state index contributed by atoms with van der Waals surface area (Å²) in [6.45, 7) is -0.0183. The number of hydrogen-bond donors (Lipinski definition) is 0. The Morgan fingerprint density at radius 1 is 1.39 bits per heavy atom. The Labute approximate surface area is 121 Å². The number of methoxy groups -OCH3 is 1. The maximum atomic E-state index is 11.2. The molecule has 2 unspecified atom stereocenters. The maximum absolute atomic E-state index is 11.2. The van der Waals surface area contributed by atoms with Crippen molar-refractivity contribution in [3.63, 3.8) is 0 Å². The fourth-order valence-corrected chi connectivity index (χ4v) is 1.88. The molecule has 6 heteroatoms. The van der Waals surface area contributed by atoms with Crippen LogP contribution in [0.3, 0.4) is 0 Å². The third-order valence-electron chi connectivity index (χ3n) is 2.52. The van der Waals surface area contributed by atoms with E-state index >= 15 is 0 Å². The molecule has 18 heavy (non-hydrogen) atoms. The molecule has 1 aromatic rings. The number of rotatable bonds is 7. The van der Waals surface area contributed by atoms with E-state index in [4.69, 9.17) is 44.3 Å². The fourth-order valence-electron chi connectivity index (χ4n) is 1.29. The number of aldehydes is 1. The predicted molar refractivity (Wildman–Crippen MR) is 73.1 cm³/mol. The van der Waals surface area contributed by atoms with Gasteiger partial charge in [0.05, 0.1) is 5.38 Å². The molecule has 100 valence electrons. The predicted octanol–water partition coefficient (Wildman–Crippen LogP) is 3.15. The summed E-state index contributed by atoms with van der Waals surface area (Å²) in [5.74, 6) is 0.652. The standard InChI is InChI=1S/C12H13Cl3O3/c1-17-12(7-16,11(15)6-13)8-18-10-4-2-9(14)3-5-10/h2-5,7,11H,6,8H2,1H3. The first-order valence-electron chi connectivity index (χ1n) is 5.18. The Hall–Kier alpha value is -0.480. The van der Waals surface area contributed by atoms with Gasteiger partial charge in [0.2, 0.25) is 0 Å². The van der Waals surface area contributed by atoms with E-state index in [2.05, 4.69) is 0 Å². The van der Waals surface area contributed by atoms with Gasteiger partial charge in [-0.1, -0.05) is 11.6 Å². The SMILES string of the molecule is COC(C=O)(COc1ccc(Cl)cc1)C(Cl)CCl. The first kappa shape index (κ1) is 15.6. The van der Waals surface area contributed by atoms with E-state index in [0.717, 1.165) is 0 Å². The number of hydrogen-bond acceptors (Lipinski definition) is 3. The Bertz CT molecular complexity index is 383. The largest absolute Gasteiger partial charge is 0.490 e. The fraction of sp³-hybridized carbons (Fsp3) is 0.417. The molecule has 2 atom stereocenters. The number of halogens is 3. The highest BCUT2D eigenvalue weighted by Gasteiger charge is 2.38. The molecule has 0 aromatic heterocycles. The number of carbonyl (C=O) groups excluding carboxylic acids is 1. The summed E-state index contributed by atoms with van der Waals surface area (Å²) < 4.78 is 10.6. The van der Waals surface area contributed by atoms with Crippen LogP contribution in [-0.2, 0) is 9.53 Å². The first-order chi connectivity index (χ1) is 8.57. The monoisotopic (exact) mass is 310 g/mol. The topological polar surface area (TPSA) is 35.5 Å². The van der Waals surface area contributed by atoms with Crippen LogP contribution in [0.4, 0.5) is 0 Å². The Morgan fingerprint density at radius 2 is 2.00 bits per heavy atom. The van der Waals surface area contributed by atoms with Gasteiger partial charge in [0.25, 0.3) is 0 Å². The zero-order valence-electron chi connectivity index (χ0n) is 9.74. The molecule has 0 aliphatic carbocycles. The van der Waals surface area contributed by atoms with E-state index in [9.17, 15) is 4.79 Å². The Balaban J connectivity index is 2.73. The molecule has 0 aliphatic rings. The molecule has 0 fully saturated rings. The molecular formula is C12H13Cl3O3. The number of ether oxygens (including phenoxy) is 2. The minimum Gasteiger partial charge on any atom is -0.490 e. The second kappa shape index (κ2) is 7.19. The number of alkyl halides is 2. The molecule has 0 amide bonds. The van der Waals surface area contributed by atoms with E-state index < -0.39 is 11.0 Å². The van der Waals surface area contributed by atoms with Gasteiger partial charge < -0.3 is 9.47 Å². The zero-order valence-corrected chi connectivity index (χ0v) is 12.0. The summed E-state index contributed by atoms with van der Waals surface area (Å²) in [6, 6.07) is 6.76. The minimum absolute atomic E-state index is 0.0183. The van der Waals surface area contributed by atoms with Gasteiger partial charge in [-0.15, -0.1) is 23.2 Å². The summed E-state index contributed by atoms with van der Waals surface area (Å²) in [5.41, 5.74) is -1.26. The van der Waals surface area contributed by atoms with Crippen LogP contribution in [0.2, 0.25) is 5.02 Å². The summed E-state index contributed by atoms with van der Waals surface area (Å²) in [6.07, 6.45) is 0.614. The van der Waals surface area contributed by atoms with Crippen molar-refractivity contribution in [2.45, 2.75) is 11.0 Å². The van der Waals surface area contributed by atoms with Crippen molar-refractivity contribution in [3.05, 3.63) is 29.3 Å². The van der Waals surface area contributed by atoms with Crippen molar-refractivity contribution < 1.29 is 14.3 Å². The van der Waals surface area contributed by atoms with E-state index in [1.807, 2.05) is 0 Å². The van der Waals surface area contributed by atoms with Crippen LogP contribution in [0, 0.1) is 0 Å². The van der Waals surface area contributed by atoms with Gasteiger partial charge in [-0.25, -0.2) is 0 Å². The third-order valence-corrected chi connectivity index (χ3v) is 3.77. The maximum Gasteiger partial charge on any atom is 0.174 e. The van der Waals surface area contributed by atoms with Crippen molar-refractivity contribution in [3.8, 4) is 5.75 Å². The lowest BCUT2D eigenvalue weighted by atomic mass is 10.0. The highest BCUT2D eigenvalue weighted by atomic mass is 35.5. The van der Waals surface area contributed by atoms with Gasteiger partial charge in [0.1, 0.15) is 12.4 Å². The van der Waals surface area contributed by atoms with Crippen LogP contribution in [-0.4, -0.2) is 36.9 Å². The van der Waals surface area contributed by atoms with Crippen LogP contribution in [0.1, 0.15) is 0 Å². The third kappa shape index (κ3) is 3.75. The molecule has 3 nitrogen and oxygen atoms in total. The quantitative estimate of drug-likeness (QED) is 0.573. The van der Waals surface area contributed by atoms with Crippen LogP contribution in [0.5, 0.6) is 5.75 Å². The van der Waals surface area contributed by atoms with E-state index in [0.29, 0.717) is 17.1 Å². The lowest BCUT2D eigenvalue weighted by Crippen LogP contribution is -2.49. The average molecular weight is 312 g/mol. The summed E-state index contributed by atoms with van der Waals surface area (Å²) >= 11 is 17.4. The van der Waals surface area contributed by atoms with E-state index in [1.165, 1.54) is 7.11 Å². The average Bonchev–Trinajstić information content (AvgIpc) is 2.42. The molecule has 0 saturated heterocycles. The lowest BCUT2D eigenvalue weighted by molar-refractivity contribution is -0.131. The Morgan fingerprint density at radius 3 is 2.44 bits per heavy atom.